The van der Waals surface area contributed by atoms with Crippen molar-refractivity contribution in [2.45, 2.75) is 0 Å². The quantitative estimate of drug-likeness (QED) is 0.307. The highest BCUT2D eigenvalue weighted by molar-refractivity contribution is 6.31. The molecule has 0 fully saturated rings. The number of carbonyl (C=O) groups is 1. The van der Waals surface area contributed by atoms with E-state index in [0.29, 0.717) is 27.6 Å². The second kappa shape index (κ2) is 10.4. The van der Waals surface area contributed by atoms with Gasteiger partial charge in [0.2, 0.25) is 0 Å². The van der Waals surface area contributed by atoms with Gasteiger partial charge >= 0.3 is 0 Å². The van der Waals surface area contributed by atoms with E-state index in [0.717, 1.165) is 33.6 Å². The highest BCUT2D eigenvalue weighted by Crippen LogP contribution is 2.39. The second-order valence-corrected chi connectivity index (χ2v) is 8.91. The molecule has 2 aromatic heterocycles. The summed E-state index contributed by atoms with van der Waals surface area (Å²) < 4.78 is 12.6. The minimum Gasteiger partial charge on any atom is -0.497 e. The van der Waals surface area contributed by atoms with Crippen molar-refractivity contribution in [1.82, 2.24) is 25.3 Å². The van der Waals surface area contributed by atoms with Gasteiger partial charge < -0.3 is 19.7 Å². The molecule has 5 aromatic rings. The van der Waals surface area contributed by atoms with E-state index in [2.05, 4.69) is 20.6 Å². The summed E-state index contributed by atoms with van der Waals surface area (Å²) in [5, 5.41) is 17.2. The zero-order valence-electron chi connectivity index (χ0n) is 21.3. The monoisotopic (exact) mass is 528 g/mol. The van der Waals surface area contributed by atoms with Crippen molar-refractivity contribution in [2.75, 3.05) is 33.2 Å². The Hall–Kier alpha value is -4.63. The van der Waals surface area contributed by atoms with Crippen LogP contribution < -0.4 is 19.7 Å². The first-order valence-electron chi connectivity index (χ1n) is 11.7. The van der Waals surface area contributed by atoms with Crippen molar-refractivity contribution in [1.29, 1.82) is 0 Å². The first-order chi connectivity index (χ1) is 18.4. The van der Waals surface area contributed by atoms with Crippen LogP contribution in [0.3, 0.4) is 0 Å². The smallest absolute Gasteiger partial charge is 0.254 e. The lowest BCUT2D eigenvalue weighted by Gasteiger charge is -2.23. The summed E-state index contributed by atoms with van der Waals surface area (Å²) >= 11 is 6.39. The van der Waals surface area contributed by atoms with Gasteiger partial charge in [0.15, 0.2) is 0 Å². The fourth-order valence-corrected chi connectivity index (χ4v) is 4.50. The van der Waals surface area contributed by atoms with E-state index >= 15 is 0 Å². The number of methoxy groups -OCH3 is 2. The Morgan fingerprint density at radius 1 is 1.00 bits per heavy atom. The molecule has 0 bridgehead atoms. The minimum atomic E-state index is -0.210. The maximum Gasteiger partial charge on any atom is 0.254 e. The molecule has 38 heavy (non-hydrogen) atoms. The van der Waals surface area contributed by atoms with E-state index in [-0.39, 0.29) is 5.91 Å². The van der Waals surface area contributed by atoms with Crippen LogP contribution in [0.15, 0.2) is 73.2 Å². The Morgan fingerprint density at radius 2 is 1.84 bits per heavy atom. The van der Waals surface area contributed by atoms with Gasteiger partial charge in [-0.05, 0) is 48.0 Å². The lowest BCUT2D eigenvalue weighted by atomic mass is 10.0. The molecule has 0 radical (unpaired) electrons. The molecule has 192 valence electrons. The first-order valence-corrected chi connectivity index (χ1v) is 12.1. The van der Waals surface area contributed by atoms with E-state index < -0.39 is 0 Å². The van der Waals surface area contributed by atoms with Gasteiger partial charge in [-0.25, -0.2) is 4.68 Å². The SMILES string of the molecule is CNC(=O)c1cnn(-c2ccc(Cl)cc2-c2ccc3c(N(C)c4ccc(OC)cc4OC)cnnc3c2)c1. The van der Waals surface area contributed by atoms with Gasteiger partial charge in [-0.15, -0.1) is 0 Å². The van der Waals surface area contributed by atoms with Gasteiger partial charge in [-0.1, -0.05) is 17.7 Å². The van der Waals surface area contributed by atoms with Crippen molar-refractivity contribution < 1.29 is 14.3 Å². The molecule has 0 aliphatic rings. The van der Waals surface area contributed by atoms with Crippen LogP contribution in [0.1, 0.15) is 10.4 Å². The standard InChI is InChI=1S/C28H25ClN6O3/c1-30-28(36)18-14-32-35(16-18)24-9-6-19(29)12-22(24)17-5-8-21-23(11-17)33-31-15-26(21)34(2)25-10-7-20(37-3)13-27(25)38-4/h5-16H,1-4H3,(H,30,36). The summed E-state index contributed by atoms with van der Waals surface area (Å²) in [7, 11) is 6.78. The van der Waals surface area contributed by atoms with Gasteiger partial charge in [0.25, 0.3) is 5.91 Å². The molecule has 0 unspecified atom stereocenters. The third kappa shape index (κ3) is 4.59. The number of hydrogen-bond donors (Lipinski definition) is 1. The van der Waals surface area contributed by atoms with E-state index in [4.69, 9.17) is 21.1 Å². The molecule has 1 amide bonds. The van der Waals surface area contributed by atoms with Crippen LogP contribution in [-0.4, -0.2) is 54.2 Å². The number of ether oxygens (including phenoxy) is 2. The third-order valence-corrected chi connectivity index (χ3v) is 6.55. The summed E-state index contributed by atoms with van der Waals surface area (Å²) in [6.07, 6.45) is 4.93. The molecule has 3 aromatic carbocycles. The highest BCUT2D eigenvalue weighted by atomic mass is 35.5. The number of nitrogens with zero attached hydrogens (tertiary/aromatic N) is 5. The lowest BCUT2D eigenvalue weighted by molar-refractivity contribution is 0.0963. The molecule has 0 saturated heterocycles. The average molecular weight is 529 g/mol. The van der Waals surface area contributed by atoms with Crippen LogP contribution in [0.4, 0.5) is 11.4 Å². The average Bonchev–Trinajstić information content (AvgIpc) is 3.45. The zero-order chi connectivity index (χ0) is 26.8. The Balaban J connectivity index is 1.58. The summed E-state index contributed by atoms with van der Waals surface area (Å²) in [5.74, 6) is 1.17. The van der Waals surface area contributed by atoms with Gasteiger partial charge in [-0.3, -0.25) is 4.79 Å². The lowest BCUT2D eigenvalue weighted by Crippen LogP contribution is -2.16. The van der Waals surface area contributed by atoms with Crippen LogP contribution in [0.5, 0.6) is 11.5 Å². The van der Waals surface area contributed by atoms with Gasteiger partial charge in [0.1, 0.15) is 11.5 Å². The van der Waals surface area contributed by atoms with Gasteiger partial charge in [0, 0.05) is 42.3 Å². The minimum absolute atomic E-state index is 0.210. The summed E-state index contributed by atoms with van der Waals surface area (Å²) in [6, 6.07) is 17.2. The number of carbonyl (C=O) groups excluding carboxylic acids is 1. The fourth-order valence-electron chi connectivity index (χ4n) is 4.33. The topological polar surface area (TPSA) is 94.4 Å². The fraction of sp³-hybridized carbons (Fsp3) is 0.143. The maximum absolute atomic E-state index is 12.1. The number of nitrogens with one attached hydrogen (secondary N) is 1. The summed E-state index contributed by atoms with van der Waals surface area (Å²) in [5.41, 5.74) is 5.36. The summed E-state index contributed by atoms with van der Waals surface area (Å²) in [4.78, 5) is 14.1. The molecule has 0 atom stereocenters. The van der Waals surface area contributed by atoms with E-state index in [1.54, 1.807) is 44.4 Å². The Bertz CT molecular complexity index is 1650. The van der Waals surface area contributed by atoms with E-state index in [1.807, 2.05) is 60.5 Å². The number of rotatable bonds is 7. The van der Waals surface area contributed by atoms with Crippen molar-refractivity contribution >= 4 is 39.8 Å². The Kier molecular flexibility index (Phi) is 6.85. The third-order valence-electron chi connectivity index (χ3n) is 6.32. The van der Waals surface area contributed by atoms with Gasteiger partial charge in [0.05, 0.1) is 54.8 Å². The maximum atomic E-state index is 12.1. The van der Waals surface area contributed by atoms with Crippen molar-refractivity contribution in [3.05, 3.63) is 83.8 Å². The number of aromatic nitrogens is 4. The first kappa shape index (κ1) is 25.0. The number of halogens is 1. The molecule has 0 aliphatic carbocycles. The number of amides is 1. The van der Waals surface area contributed by atoms with Crippen LogP contribution in [-0.2, 0) is 0 Å². The predicted molar refractivity (Wildman–Crippen MR) is 148 cm³/mol. The molecule has 9 nitrogen and oxygen atoms in total. The molecule has 2 heterocycles. The largest absolute Gasteiger partial charge is 0.497 e. The van der Waals surface area contributed by atoms with Crippen molar-refractivity contribution in [3.8, 4) is 28.3 Å². The molecular weight excluding hydrogens is 504 g/mol. The molecule has 1 N–H and O–H groups in total. The van der Waals surface area contributed by atoms with E-state index in [1.165, 1.54) is 6.20 Å². The van der Waals surface area contributed by atoms with Crippen LogP contribution in [0.25, 0.3) is 27.7 Å². The molecule has 0 saturated carbocycles. The molecule has 0 aliphatic heterocycles. The van der Waals surface area contributed by atoms with E-state index in [9.17, 15) is 4.79 Å². The molecule has 5 rings (SSSR count). The van der Waals surface area contributed by atoms with Crippen molar-refractivity contribution in [2.24, 2.45) is 0 Å². The number of hydrogen-bond acceptors (Lipinski definition) is 7. The molecule has 10 heteroatoms. The summed E-state index contributed by atoms with van der Waals surface area (Å²) in [6.45, 7) is 0. The number of benzene rings is 3. The highest BCUT2D eigenvalue weighted by Gasteiger charge is 2.17. The van der Waals surface area contributed by atoms with Crippen LogP contribution >= 0.6 is 11.6 Å². The Morgan fingerprint density at radius 3 is 2.61 bits per heavy atom. The van der Waals surface area contributed by atoms with Crippen LogP contribution in [0.2, 0.25) is 5.02 Å². The zero-order valence-corrected chi connectivity index (χ0v) is 22.0. The number of fused-ring (bicyclic) bond motifs is 1. The van der Waals surface area contributed by atoms with Crippen molar-refractivity contribution in [3.63, 3.8) is 0 Å². The molecule has 0 spiro atoms. The second-order valence-electron chi connectivity index (χ2n) is 8.47. The molecular formula is C28H25ClN6O3. The van der Waals surface area contributed by atoms with Crippen LogP contribution in [0, 0.1) is 0 Å². The number of anilines is 2. The normalized spacial score (nSPS) is 10.9. The predicted octanol–water partition coefficient (Wildman–Crippen LogP) is 5.28. The Labute approximate surface area is 224 Å². The van der Waals surface area contributed by atoms with Gasteiger partial charge in [-0.2, -0.15) is 15.3 Å².